The van der Waals surface area contributed by atoms with Gasteiger partial charge in [-0.15, -0.1) is 0 Å². The highest BCUT2D eigenvalue weighted by Crippen LogP contribution is 2.20. The van der Waals surface area contributed by atoms with Gasteiger partial charge in [0.15, 0.2) is 5.65 Å². The van der Waals surface area contributed by atoms with Crippen molar-refractivity contribution in [3.05, 3.63) is 174 Å². The summed E-state index contributed by atoms with van der Waals surface area (Å²) in [4.78, 5) is 50.0. The largest absolute Gasteiger partial charge is 0.497 e. The molecule has 4 heterocycles. The number of aromatic nitrogens is 8. The fraction of sp³-hybridized carbons (Fsp3) is 0.171. The Balaban J connectivity index is 0.000000190. The summed E-state index contributed by atoms with van der Waals surface area (Å²) in [6.07, 6.45) is 3.15. The maximum absolute atomic E-state index is 12.9. The van der Waals surface area contributed by atoms with Gasteiger partial charge in [0, 0.05) is 20.3 Å². The number of hydrogen-bond acceptors (Lipinski definition) is 8. The van der Waals surface area contributed by atoms with E-state index in [0.29, 0.717) is 41.7 Å². The van der Waals surface area contributed by atoms with Crippen LogP contribution in [0.3, 0.4) is 0 Å². The maximum Gasteiger partial charge on any atom is 0.332 e. The van der Waals surface area contributed by atoms with Crippen LogP contribution >= 0.6 is 0 Å². The van der Waals surface area contributed by atoms with Crippen LogP contribution in [0.25, 0.3) is 33.2 Å². The molecule has 0 unspecified atom stereocenters. The topological polar surface area (TPSA) is 153 Å². The zero-order valence-corrected chi connectivity index (χ0v) is 30.7. The number of methoxy groups -OCH3 is 2. The maximum atomic E-state index is 12.9. The summed E-state index contributed by atoms with van der Waals surface area (Å²) in [5.74, 6) is 1.49. The second kappa shape index (κ2) is 15.4. The molecule has 0 aliphatic rings. The average molecular weight is 739 g/mol. The summed E-state index contributed by atoms with van der Waals surface area (Å²) in [6.45, 7) is 1.13. The van der Waals surface area contributed by atoms with Crippen molar-refractivity contribution in [1.29, 1.82) is 0 Å². The lowest BCUT2D eigenvalue weighted by molar-refractivity contribution is 0.414. The van der Waals surface area contributed by atoms with E-state index in [1.165, 1.54) is 29.4 Å². The molecular weight excluding hydrogens is 701 g/mol. The van der Waals surface area contributed by atoms with Crippen LogP contribution in [0.2, 0.25) is 0 Å². The normalized spacial score (nSPS) is 11.1. The monoisotopic (exact) mass is 738 g/mol. The van der Waals surface area contributed by atoms with Crippen LogP contribution in [0.1, 0.15) is 16.7 Å². The van der Waals surface area contributed by atoms with Crippen molar-refractivity contribution in [2.75, 3.05) is 14.2 Å². The third kappa shape index (κ3) is 7.38. The predicted octanol–water partition coefficient (Wildman–Crippen LogP) is 4.15. The molecule has 0 amide bonds. The molecule has 0 atom stereocenters. The van der Waals surface area contributed by atoms with Gasteiger partial charge in [0.05, 0.1) is 40.1 Å². The van der Waals surface area contributed by atoms with Crippen molar-refractivity contribution in [3.8, 4) is 22.6 Å². The van der Waals surface area contributed by atoms with E-state index in [1.807, 2.05) is 66.7 Å². The van der Waals surface area contributed by atoms with Crippen molar-refractivity contribution >= 4 is 22.1 Å². The van der Waals surface area contributed by atoms with E-state index in [1.54, 1.807) is 25.1 Å². The third-order valence-electron chi connectivity index (χ3n) is 9.40. The van der Waals surface area contributed by atoms with Gasteiger partial charge in [0.25, 0.3) is 11.1 Å². The van der Waals surface area contributed by atoms with Crippen LogP contribution in [-0.2, 0) is 33.7 Å². The molecule has 55 heavy (non-hydrogen) atoms. The zero-order chi connectivity index (χ0) is 38.6. The van der Waals surface area contributed by atoms with Crippen LogP contribution < -0.4 is 32.0 Å². The van der Waals surface area contributed by atoms with Crippen LogP contribution in [-0.4, -0.2) is 52.5 Å². The van der Waals surface area contributed by atoms with Gasteiger partial charge in [-0.1, -0.05) is 78.9 Å². The SMILES string of the molecule is COc1ccc(Cn2c(=O)n(C)c(=O)c3cn(Cc4ccc(-c5ccccc5)cc4)nc32)cc1.COc1ccc(Cn2c(=O)n(C)c(=O)c3cn[nH]c32)cc1. The first kappa shape index (κ1) is 36.2. The van der Waals surface area contributed by atoms with E-state index >= 15 is 0 Å². The second-order valence-electron chi connectivity index (χ2n) is 12.9. The molecule has 278 valence electrons. The van der Waals surface area contributed by atoms with Gasteiger partial charge in [0.1, 0.15) is 27.9 Å². The molecule has 14 nitrogen and oxygen atoms in total. The van der Waals surface area contributed by atoms with Gasteiger partial charge in [-0.25, -0.2) is 9.59 Å². The molecule has 4 aromatic heterocycles. The molecule has 0 spiro atoms. The molecule has 0 aliphatic heterocycles. The van der Waals surface area contributed by atoms with Gasteiger partial charge < -0.3 is 9.47 Å². The standard InChI is InChI=1S/C27H24N4O3.C14H14N4O3/c1-29-26(32)24-18-30(16-19-8-12-22(13-9-19)21-6-4-3-5-7-21)28-25(24)31(27(29)33)17-20-10-14-23(34-2)15-11-20;1-17-13(19)11-7-15-16-12(11)18(14(17)20)8-9-3-5-10(21-2)6-4-9/h3-15,18H,16-17H2,1-2H3;3-7H,8H2,1-2H3,(H,15,16). The second-order valence-corrected chi connectivity index (χ2v) is 12.9. The molecule has 0 bridgehead atoms. The number of nitrogens with one attached hydrogen (secondary N) is 1. The number of benzene rings is 4. The van der Waals surface area contributed by atoms with Crippen LogP contribution in [0.5, 0.6) is 11.5 Å². The van der Waals surface area contributed by atoms with E-state index in [-0.39, 0.29) is 16.8 Å². The number of rotatable bonds is 9. The van der Waals surface area contributed by atoms with Gasteiger partial charge >= 0.3 is 11.4 Å². The van der Waals surface area contributed by atoms with E-state index in [0.717, 1.165) is 48.5 Å². The van der Waals surface area contributed by atoms with Gasteiger partial charge in [-0.2, -0.15) is 10.2 Å². The molecule has 0 saturated heterocycles. The fourth-order valence-corrected chi connectivity index (χ4v) is 6.30. The predicted molar refractivity (Wildman–Crippen MR) is 210 cm³/mol. The number of aromatic amines is 1. The van der Waals surface area contributed by atoms with Crippen molar-refractivity contribution < 1.29 is 9.47 Å². The smallest absolute Gasteiger partial charge is 0.332 e. The van der Waals surface area contributed by atoms with Gasteiger partial charge in [-0.05, 0) is 52.1 Å². The van der Waals surface area contributed by atoms with Gasteiger partial charge in [-0.3, -0.25) is 37.6 Å². The lowest BCUT2D eigenvalue weighted by Crippen LogP contribution is -2.38. The van der Waals surface area contributed by atoms with Crippen molar-refractivity contribution in [3.63, 3.8) is 0 Å². The first-order valence-corrected chi connectivity index (χ1v) is 17.3. The summed E-state index contributed by atoms with van der Waals surface area (Å²) in [7, 11) is 6.16. The Morgan fingerprint density at radius 1 is 0.582 bits per heavy atom. The highest BCUT2D eigenvalue weighted by atomic mass is 16.5. The first-order valence-electron chi connectivity index (χ1n) is 17.3. The first-order chi connectivity index (χ1) is 26.6. The Morgan fingerprint density at radius 3 is 1.65 bits per heavy atom. The van der Waals surface area contributed by atoms with Crippen molar-refractivity contribution in [2.24, 2.45) is 14.1 Å². The van der Waals surface area contributed by atoms with E-state index in [4.69, 9.17) is 9.47 Å². The summed E-state index contributed by atoms with van der Waals surface area (Å²) >= 11 is 0. The number of hydrogen-bond donors (Lipinski definition) is 1. The molecule has 4 aromatic carbocycles. The number of ether oxygens (including phenoxy) is 2. The molecule has 0 aliphatic carbocycles. The molecule has 0 saturated carbocycles. The molecule has 8 aromatic rings. The Morgan fingerprint density at radius 2 is 1.07 bits per heavy atom. The minimum Gasteiger partial charge on any atom is -0.497 e. The Kier molecular flexibility index (Phi) is 10.1. The highest BCUT2D eigenvalue weighted by molar-refractivity contribution is 5.74. The average Bonchev–Trinajstić information content (AvgIpc) is 3.89. The minimum atomic E-state index is -0.397. The molecule has 8 rings (SSSR count). The lowest BCUT2D eigenvalue weighted by atomic mass is 10.0. The molecule has 0 fully saturated rings. The van der Waals surface area contributed by atoms with Crippen LogP contribution in [0.15, 0.2) is 135 Å². The quantitative estimate of drug-likeness (QED) is 0.232. The molecule has 0 radical (unpaired) electrons. The summed E-state index contributed by atoms with van der Waals surface area (Å²) in [5, 5.41) is 12.0. The number of H-pyrrole nitrogens is 1. The third-order valence-corrected chi connectivity index (χ3v) is 9.40. The van der Waals surface area contributed by atoms with E-state index < -0.39 is 5.69 Å². The van der Waals surface area contributed by atoms with Crippen molar-refractivity contribution in [2.45, 2.75) is 19.6 Å². The van der Waals surface area contributed by atoms with E-state index in [9.17, 15) is 19.2 Å². The number of fused-ring (bicyclic) bond motifs is 2. The highest BCUT2D eigenvalue weighted by Gasteiger charge is 2.16. The fourth-order valence-electron chi connectivity index (χ4n) is 6.30. The molecule has 14 heteroatoms. The minimum absolute atomic E-state index is 0.302. The number of nitrogens with zero attached hydrogens (tertiary/aromatic N) is 7. The van der Waals surface area contributed by atoms with Crippen LogP contribution in [0.4, 0.5) is 0 Å². The van der Waals surface area contributed by atoms with Crippen molar-refractivity contribution in [1.82, 2.24) is 38.2 Å². The lowest BCUT2D eigenvalue weighted by Gasteiger charge is -2.09. The Hall–Kier alpha value is -7.22. The van der Waals surface area contributed by atoms with Crippen LogP contribution in [0, 0.1) is 0 Å². The Labute approximate surface area is 313 Å². The molecular formula is C41H38N8O6. The zero-order valence-electron chi connectivity index (χ0n) is 30.7. The van der Waals surface area contributed by atoms with E-state index in [2.05, 4.69) is 51.7 Å². The Bertz CT molecular complexity index is 2850. The summed E-state index contributed by atoms with van der Waals surface area (Å²) < 4.78 is 17.3. The molecule has 1 N–H and O–H groups in total. The summed E-state index contributed by atoms with van der Waals surface area (Å²) in [5.41, 5.74) is 4.50. The summed E-state index contributed by atoms with van der Waals surface area (Å²) in [6, 6.07) is 33.3. The van der Waals surface area contributed by atoms with Gasteiger partial charge in [0.2, 0.25) is 0 Å².